The number of furan rings is 1. The number of hydrogen-bond acceptors (Lipinski definition) is 5. The van der Waals surface area contributed by atoms with Gasteiger partial charge in [0, 0.05) is 12.7 Å². The summed E-state index contributed by atoms with van der Waals surface area (Å²) in [5.41, 5.74) is 0.643. The van der Waals surface area contributed by atoms with Gasteiger partial charge in [0.2, 0.25) is 0 Å². The van der Waals surface area contributed by atoms with Gasteiger partial charge in [0.15, 0.2) is 0 Å². The second-order valence-electron chi connectivity index (χ2n) is 5.21. The Kier molecular flexibility index (Phi) is 4.23. The van der Waals surface area contributed by atoms with Gasteiger partial charge in [-0.25, -0.2) is 9.97 Å². The molecule has 118 valence electrons. The standard InChI is InChI=1S/C14H18N4O3S/c1-11-15-7-6-12(17-11)10-16-22(19,20)18-8-2-4-13(18)14-5-3-9-21-14/h3,5-7,9,13,16H,2,4,8,10H2,1H3/t13-/m0/s1. The van der Waals surface area contributed by atoms with E-state index in [-0.39, 0.29) is 12.6 Å². The molecule has 1 N–H and O–H groups in total. The van der Waals surface area contributed by atoms with E-state index in [0.29, 0.717) is 23.8 Å². The Morgan fingerprint density at radius 2 is 2.32 bits per heavy atom. The third-order valence-corrected chi connectivity index (χ3v) is 5.22. The van der Waals surface area contributed by atoms with E-state index in [4.69, 9.17) is 4.42 Å². The molecular weight excluding hydrogens is 304 g/mol. The van der Waals surface area contributed by atoms with Crippen LogP contribution < -0.4 is 4.72 Å². The molecule has 2 aromatic heterocycles. The Labute approximate surface area is 129 Å². The first-order chi connectivity index (χ1) is 10.6. The molecule has 1 fully saturated rings. The van der Waals surface area contributed by atoms with Gasteiger partial charge in [-0.05, 0) is 38.0 Å². The lowest BCUT2D eigenvalue weighted by Crippen LogP contribution is -2.40. The fourth-order valence-corrected chi connectivity index (χ4v) is 4.05. The molecule has 22 heavy (non-hydrogen) atoms. The van der Waals surface area contributed by atoms with Gasteiger partial charge in [-0.15, -0.1) is 0 Å². The number of nitrogens with zero attached hydrogens (tertiary/aromatic N) is 3. The third kappa shape index (κ3) is 3.18. The Balaban J connectivity index is 1.72. The average molecular weight is 322 g/mol. The van der Waals surface area contributed by atoms with Crippen molar-refractivity contribution in [1.29, 1.82) is 0 Å². The summed E-state index contributed by atoms with van der Waals surface area (Å²) in [5.74, 6) is 1.30. The second kappa shape index (κ2) is 6.15. The van der Waals surface area contributed by atoms with E-state index >= 15 is 0 Å². The van der Waals surface area contributed by atoms with Gasteiger partial charge in [-0.1, -0.05) is 0 Å². The van der Waals surface area contributed by atoms with Crippen molar-refractivity contribution in [3.8, 4) is 0 Å². The molecule has 0 spiro atoms. The normalized spacial score (nSPS) is 19.6. The van der Waals surface area contributed by atoms with Crippen LogP contribution in [0.2, 0.25) is 0 Å². The van der Waals surface area contributed by atoms with E-state index in [9.17, 15) is 8.42 Å². The zero-order valence-electron chi connectivity index (χ0n) is 12.3. The first-order valence-corrected chi connectivity index (χ1v) is 8.58. The number of rotatable bonds is 5. The molecule has 0 unspecified atom stereocenters. The van der Waals surface area contributed by atoms with Crippen molar-refractivity contribution in [3.05, 3.63) is 47.9 Å². The van der Waals surface area contributed by atoms with Crippen molar-refractivity contribution in [2.75, 3.05) is 6.54 Å². The summed E-state index contributed by atoms with van der Waals surface area (Å²) in [4.78, 5) is 8.19. The summed E-state index contributed by atoms with van der Waals surface area (Å²) in [7, 11) is -3.58. The van der Waals surface area contributed by atoms with E-state index in [1.54, 1.807) is 31.5 Å². The Morgan fingerprint density at radius 1 is 1.45 bits per heavy atom. The fraction of sp³-hybridized carbons (Fsp3) is 0.429. The molecule has 0 aromatic carbocycles. The van der Waals surface area contributed by atoms with Crippen molar-refractivity contribution >= 4 is 10.2 Å². The van der Waals surface area contributed by atoms with E-state index in [1.807, 2.05) is 6.07 Å². The van der Waals surface area contributed by atoms with E-state index in [1.165, 1.54) is 4.31 Å². The van der Waals surface area contributed by atoms with Crippen LogP contribution >= 0.6 is 0 Å². The van der Waals surface area contributed by atoms with Gasteiger partial charge in [-0.2, -0.15) is 17.4 Å². The van der Waals surface area contributed by atoms with Gasteiger partial charge < -0.3 is 4.42 Å². The zero-order chi connectivity index (χ0) is 15.6. The molecule has 1 saturated heterocycles. The van der Waals surface area contributed by atoms with E-state index in [0.717, 1.165) is 12.8 Å². The average Bonchev–Trinajstić information content (AvgIpc) is 3.16. The highest BCUT2D eigenvalue weighted by Crippen LogP contribution is 2.33. The second-order valence-corrected chi connectivity index (χ2v) is 6.91. The molecule has 0 saturated carbocycles. The lowest BCUT2D eigenvalue weighted by Gasteiger charge is -2.22. The molecule has 0 aliphatic carbocycles. The minimum Gasteiger partial charge on any atom is -0.468 e. The highest BCUT2D eigenvalue weighted by Gasteiger charge is 2.36. The monoisotopic (exact) mass is 322 g/mol. The lowest BCUT2D eigenvalue weighted by molar-refractivity contribution is 0.335. The number of aryl methyl sites for hydroxylation is 1. The van der Waals surface area contributed by atoms with E-state index < -0.39 is 10.2 Å². The summed E-state index contributed by atoms with van der Waals surface area (Å²) in [6.45, 7) is 2.40. The van der Waals surface area contributed by atoms with Crippen molar-refractivity contribution < 1.29 is 12.8 Å². The van der Waals surface area contributed by atoms with Crippen LogP contribution in [0.25, 0.3) is 0 Å². The molecule has 3 heterocycles. The Bertz CT molecular complexity index is 730. The van der Waals surface area contributed by atoms with Crippen LogP contribution in [0.4, 0.5) is 0 Å². The first kappa shape index (κ1) is 15.1. The van der Waals surface area contributed by atoms with Crippen LogP contribution in [0.1, 0.15) is 36.2 Å². The van der Waals surface area contributed by atoms with Crippen LogP contribution in [-0.2, 0) is 16.8 Å². The van der Waals surface area contributed by atoms with Gasteiger partial charge in [0.1, 0.15) is 11.6 Å². The van der Waals surface area contributed by atoms with E-state index in [2.05, 4.69) is 14.7 Å². The van der Waals surface area contributed by atoms with Crippen LogP contribution in [0.3, 0.4) is 0 Å². The van der Waals surface area contributed by atoms with Gasteiger partial charge in [0.25, 0.3) is 10.2 Å². The molecule has 0 amide bonds. The minimum atomic E-state index is -3.58. The molecule has 0 radical (unpaired) electrons. The maximum atomic E-state index is 12.5. The molecule has 7 nitrogen and oxygen atoms in total. The fourth-order valence-electron chi connectivity index (χ4n) is 2.64. The van der Waals surface area contributed by atoms with Crippen molar-refractivity contribution in [2.45, 2.75) is 32.4 Å². The predicted octanol–water partition coefficient (Wildman–Crippen LogP) is 1.55. The van der Waals surface area contributed by atoms with Gasteiger partial charge >= 0.3 is 0 Å². The summed E-state index contributed by atoms with van der Waals surface area (Å²) in [5, 5.41) is 0. The molecule has 1 atom stereocenters. The molecule has 3 rings (SSSR count). The number of nitrogens with one attached hydrogen (secondary N) is 1. The molecule has 1 aliphatic rings. The highest BCUT2D eigenvalue weighted by molar-refractivity contribution is 7.87. The SMILES string of the molecule is Cc1nccc(CNS(=O)(=O)N2CCC[C@H]2c2ccco2)n1. The largest absolute Gasteiger partial charge is 0.468 e. The van der Waals surface area contributed by atoms with Crippen molar-refractivity contribution in [1.82, 2.24) is 19.0 Å². The summed E-state index contributed by atoms with van der Waals surface area (Å²) in [6.07, 6.45) is 4.77. The topological polar surface area (TPSA) is 88.3 Å². The third-order valence-electron chi connectivity index (χ3n) is 3.65. The van der Waals surface area contributed by atoms with Gasteiger partial charge in [0.05, 0.1) is 24.5 Å². The van der Waals surface area contributed by atoms with Crippen molar-refractivity contribution in [3.63, 3.8) is 0 Å². The van der Waals surface area contributed by atoms with Crippen LogP contribution in [0.15, 0.2) is 35.1 Å². The maximum Gasteiger partial charge on any atom is 0.280 e. The molecular formula is C14H18N4O3S. The summed E-state index contributed by atoms with van der Waals surface area (Å²) < 4.78 is 34.5. The Hall–Kier alpha value is -1.77. The minimum absolute atomic E-state index is 0.146. The maximum absolute atomic E-state index is 12.5. The summed E-state index contributed by atoms with van der Waals surface area (Å²) in [6, 6.07) is 5.05. The van der Waals surface area contributed by atoms with Crippen LogP contribution in [-0.4, -0.2) is 29.2 Å². The lowest BCUT2D eigenvalue weighted by atomic mass is 10.2. The molecule has 8 heteroatoms. The smallest absolute Gasteiger partial charge is 0.280 e. The molecule has 2 aromatic rings. The Morgan fingerprint density at radius 3 is 3.05 bits per heavy atom. The quantitative estimate of drug-likeness (QED) is 0.902. The zero-order valence-corrected chi connectivity index (χ0v) is 13.1. The number of aromatic nitrogens is 2. The van der Waals surface area contributed by atoms with Crippen LogP contribution in [0.5, 0.6) is 0 Å². The summed E-state index contributed by atoms with van der Waals surface area (Å²) >= 11 is 0. The molecule has 0 bridgehead atoms. The van der Waals surface area contributed by atoms with Crippen molar-refractivity contribution in [2.24, 2.45) is 0 Å². The van der Waals surface area contributed by atoms with Gasteiger partial charge in [-0.3, -0.25) is 0 Å². The first-order valence-electron chi connectivity index (χ1n) is 7.14. The van der Waals surface area contributed by atoms with Crippen LogP contribution in [0, 0.1) is 6.92 Å². The molecule has 1 aliphatic heterocycles. The number of hydrogen-bond donors (Lipinski definition) is 1. The predicted molar refractivity (Wildman–Crippen MR) is 79.9 cm³/mol. The highest BCUT2D eigenvalue weighted by atomic mass is 32.2.